The zero-order valence-electron chi connectivity index (χ0n) is 17.9. The predicted octanol–water partition coefficient (Wildman–Crippen LogP) is 3.91. The van der Waals surface area contributed by atoms with Crippen LogP contribution in [0.3, 0.4) is 0 Å². The van der Waals surface area contributed by atoms with Gasteiger partial charge in [-0.15, -0.1) is 5.73 Å². The maximum absolute atomic E-state index is 13.4. The third-order valence-corrected chi connectivity index (χ3v) is 6.24. The van der Waals surface area contributed by atoms with Gasteiger partial charge in [-0.2, -0.15) is 5.26 Å². The van der Waals surface area contributed by atoms with Gasteiger partial charge in [-0.25, -0.2) is 4.79 Å². The number of hydrogen-bond donors (Lipinski definition) is 1. The Kier molecular flexibility index (Phi) is 5.71. The predicted molar refractivity (Wildman–Crippen MR) is 114 cm³/mol. The van der Waals surface area contributed by atoms with Crippen LogP contribution in [0.5, 0.6) is 5.75 Å². The number of aryl methyl sites for hydroxylation is 1. The quantitative estimate of drug-likeness (QED) is 0.559. The number of carbonyl (C=O) groups excluding carboxylic acids is 2. The number of nitrogens with zero attached hydrogens (tertiary/aromatic N) is 1. The maximum atomic E-state index is 13.4. The molecule has 2 unspecified atom stereocenters. The maximum Gasteiger partial charge on any atom is 0.332 e. The van der Waals surface area contributed by atoms with Gasteiger partial charge >= 0.3 is 5.97 Å². The first-order chi connectivity index (χ1) is 15.0. The highest BCUT2D eigenvalue weighted by Gasteiger charge is 2.50. The van der Waals surface area contributed by atoms with E-state index in [1.807, 2.05) is 25.1 Å². The Morgan fingerprint density at radius 2 is 2.16 bits per heavy atom. The number of benzene rings is 1. The Morgan fingerprint density at radius 3 is 2.84 bits per heavy atom. The van der Waals surface area contributed by atoms with E-state index in [4.69, 9.17) is 9.47 Å². The molecule has 2 fully saturated rings. The Morgan fingerprint density at radius 1 is 1.35 bits per heavy atom. The number of para-hydroxylation sites is 1. The topological polar surface area (TPSA) is 88.4 Å². The third-order valence-electron chi connectivity index (χ3n) is 6.24. The van der Waals surface area contributed by atoms with Crippen LogP contribution in [0.1, 0.15) is 54.9 Å². The van der Waals surface area contributed by atoms with Crippen molar-refractivity contribution in [3.63, 3.8) is 0 Å². The molecule has 0 bridgehead atoms. The van der Waals surface area contributed by atoms with Crippen LogP contribution in [0, 0.1) is 24.2 Å². The summed E-state index contributed by atoms with van der Waals surface area (Å²) in [6.45, 7) is 3.88. The SMILES string of the molecule is CCOC(=O)C1(NC(=O)c2cccc(C)c2OC2CCC2)CC2=C=CC(C#N)=CC2C1. The second kappa shape index (κ2) is 8.45. The fourth-order valence-corrected chi connectivity index (χ4v) is 4.35. The number of allylic oxidation sites excluding steroid dienone is 2. The van der Waals surface area contributed by atoms with Crippen LogP contribution in [0.15, 0.2) is 47.2 Å². The molecule has 3 aliphatic rings. The molecule has 2 saturated carbocycles. The molecule has 31 heavy (non-hydrogen) atoms. The molecule has 1 amide bonds. The monoisotopic (exact) mass is 418 g/mol. The first-order valence-electron chi connectivity index (χ1n) is 10.8. The van der Waals surface area contributed by atoms with Crippen molar-refractivity contribution in [1.29, 1.82) is 5.26 Å². The van der Waals surface area contributed by atoms with E-state index in [0.29, 0.717) is 29.7 Å². The molecule has 4 rings (SSSR count). The van der Waals surface area contributed by atoms with Crippen molar-refractivity contribution >= 4 is 11.9 Å². The molecule has 6 heteroatoms. The van der Waals surface area contributed by atoms with Gasteiger partial charge in [0.1, 0.15) is 11.3 Å². The highest BCUT2D eigenvalue weighted by Crippen LogP contribution is 2.42. The number of carbonyl (C=O) groups is 2. The second-order valence-electron chi connectivity index (χ2n) is 8.41. The molecule has 3 aliphatic carbocycles. The van der Waals surface area contributed by atoms with Crippen molar-refractivity contribution in [2.45, 2.75) is 57.6 Å². The van der Waals surface area contributed by atoms with E-state index in [9.17, 15) is 14.9 Å². The highest BCUT2D eigenvalue weighted by atomic mass is 16.5. The lowest BCUT2D eigenvalue weighted by atomic mass is 9.93. The van der Waals surface area contributed by atoms with Gasteiger partial charge in [-0.05, 0) is 62.8 Å². The molecule has 1 N–H and O–H groups in total. The van der Waals surface area contributed by atoms with E-state index >= 15 is 0 Å². The number of nitriles is 1. The van der Waals surface area contributed by atoms with E-state index in [-0.39, 0.29) is 24.5 Å². The van der Waals surface area contributed by atoms with Gasteiger partial charge in [0, 0.05) is 12.3 Å². The van der Waals surface area contributed by atoms with Crippen molar-refractivity contribution < 1.29 is 19.1 Å². The number of fused-ring (bicyclic) bond motifs is 1. The molecule has 2 atom stereocenters. The summed E-state index contributed by atoms with van der Waals surface area (Å²) in [5.74, 6) is -0.385. The van der Waals surface area contributed by atoms with Crippen LogP contribution in [0.2, 0.25) is 0 Å². The fraction of sp³-hybridized carbons (Fsp3) is 0.440. The van der Waals surface area contributed by atoms with E-state index < -0.39 is 11.5 Å². The molecule has 0 saturated heterocycles. The summed E-state index contributed by atoms with van der Waals surface area (Å²) in [5, 5.41) is 12.2. The molecule has 1 aromatic carbocycles. The van der Waals surface area contributed by atoms with Crippen molar-refractivity contribution in [2.24, 2.45) is 5.92 Å². The lowest BCUT2D eigenvalue weighted by Gasteiger charge is -2.30. The average Bonchev–Trinajstić information content (AvgIpc) is 3.09. The molecule has 6 nitrogen and oxygen atoms in total. The van der Waals surface area contributed by atoms with Gasteiger partial charge in [0.05, 0.1) is 29.9 Å². The highest BCUT2D eigenvalue weighted by molar-refractivity contribution is 6.01. The minimum atomic E-state index is -1.20. The van der Waals surface area contributed by atoms with Crippen LogP contribution in [-0.2, 0) is 9.53 Å². The van der Waals surface area contributed by atoms with Gasteiger partial charge in [0.15, 0.2) is 0 Å². The van der Waals surface area contributed by atoms with Crippen molar-refractivity contribution in [1.82, 2.24) is 5.32 Å². The second-order valence-corrected chi connectivity index (χ2v) is 8.41. The summed E-state index contributed by atoms with van der Waals surface area (Å²) in [6, 6.07) is 7.58. The summed E-state index contributed by atoms with van der Waals surface area (Å²) in [5.41, 5.74) is 4.63. The van der Waals surface area contributed by atoms with Crippen LogP contribution >= 0.6 is 0 Å². The minimum Gasteiger partial charge on any atom is -0.489 e. The van der Waals surface area contributed by atoms with E-state index in [1.165, 1.54) is 0 Å². The third kappa shape index (κ3) is 4.02. The molecule has 0 aliphatic heterocycles. The number of nitrogens with one attached hydrogen (secondary N) is 1. The number of amides is 1. The fourth-order valence-electron chi connectivity index (χ4n) is 4.35. The Hall–Kier alpha value is -3.29. The van der Waals surface area contributed by atoms with Crippen LogP contribution < -0.4 is 10.1 Å². The minimum absolute atomic E-state index is 0.130. The van der Waals surface area contributed by atoms with Gasteiger partial charge in [-0.3, -0.25) is 4.79 Å². The molecular formula is C25H26N2O4. The smallest absolute Gasteiger partial charge is 0.332 e. The molecule has 0 spiro atoms. The number of esters is 1. The zero-order valence-corrected chi connectivity index (χ0v) is 17.9. The van der Waals surface area contributed by atoms with E-state index in [2.05, 4.69) is 17.1 Å². The standard InChI is InChI=1S/C25H26N2O4/c1-3-30-24(29)25(13-18-11-10-17(15-26)12-19(18)14-25)27-23(28)21-9-4-6-16(2)22(21)31-20-7-5-8-20/h4,6,9-10,12,19-20H,3,5,7-8,13-14H2,1-2H3,(H,27,28). The molecule has 1 aromatic rings. The summed E-state index contributed by atoms with van der Waals surface area (Å²) in [6.07, 6.45) is 7.33. The van der Waals surface area contributed by atoms with Gasteiger partial charge < -0.3 is 14.8 Å². The lowest BCUT2D eigenvalue weighted by Crippen LogP contribution is -2.53. The normalized spacial score (nSPS) is 24.2. The Bertz CT molecular complexity index is 1050. The van der Waals surface area contributed by atoms with Crippen LogP contribution in [0.25, 0.3) is 0 Å². The zero-order chi connectivity index (χ0) is 22.0. The van der Waals surface area contributed by atoms with Crippen molar-refractivity contribution in [3.05, 3.63) is 58.4 Å². The molecule has 0 heterocycles. The summed E-state index contributed by atoms with van der Waals surface area (Å²) < 4.78 is 11.5. The molecule has 0 radical (unpaired) electrons. The Balaban J connectivity index is 1.64. The molecule has 160 valence electrons. The largest absolute Gasteiger partial charge is 0.489 e. The molecular weight excluding hydrogens is 392 g/mol. The average molecular weight is 418 g/mol. The summed E-state index contributed by atoms with van der Waals surface area (Å²) >= 11 is 0. The van der Waals surface area contributed by atoms with Gasteiger partial charge in [0.25, 0.3) is 5.91 Å². The van der Waals surface area contributed by atoms with Crippen LogP contribution in [-0.4, -0.2) is 30.1 Å². The first-order valence-corrected chi connectivity index (χ1v) is 10.8. The van der Waals surface area contributed by atoms with Gasteiger partial charge in [0.2, 0.25) is 0 Å². The van der Waals surface area contributed by atoms with Crippen molar-refractivity contribution in [2.75, 3.05) is 6.61 Å². The first kappa shape index (κ1) is 21.0. The lowest BCUT2D eigenvalue weighted by molar-refractivity contribution is -0.150. The van der Waals surface area contributed by atoms with Crippen LogP contribution in [0.4, 0.5) is 0 Å². The number of rotatable bonds is 6. The van der Waals surface area contributed by atoms with E-state index in [1.54, 1.807) is 19.1 Å². The summed E-state index contributed by atoms with van der Waals surface area (Å²) in [7, 11) is 0. The number of ether oxygens (including phenoxy) is 2. The van der Waals surface area contributed by atoms with E-state index in [0.717, 1.165) is 30.4 Å². The number of hydrogen-bond acceptors (Lipinski definition) is 5. The summed E-state index contributed by atoms with van der Waals surface area (Å²) in [4.78, 5) is 26.4. The molecule has 0 aromatic heterocycles. The Labute approximate surface area is 182 Å². The van der Waals surface area contributed by atoms with Crippen molar-refractivity contribution in [3.8, 4) is 11.8 Å². The van der Waals surface area contributed by atoms with Gasteiger partial charge in [-0.1, -0.05) is 18.2 Å².